The van der Waals surface area contributed by atoms with E-state index in [2.05, 4.69) is 0 Å². The Balaban J connectivity index is 1.51. The number of carbonyl (C=O) groups is 4. The first kappa shape index (κ1) is 29.1. The van der Waals surface area contributed by atoms with Crippen LogP contribution in [0.2, 0.25) is 0 Å². The van der Waals surface area contributed by atoms with Crippen molar-refractivity contribution in [3.8, 4) is 0 Å². The minimum absolute atomic E-state index is 0.00656. The van der Waals surface area contributed by atoms with Crippen molar-refractivity contribution < 1.29 is 38.9 Å². The normalized spacial score (nSPS) is 10.6. The van der Waals surface area contributed by atoms with Crippen LogP contribution < -0.4 is 0 Å². The number of carbonyl (C=O) groups excluding carboxylic acids is 2. The fourth-order valence-corrected chi connectivity index (χ4v) is 4.74. The van der Waals surface area contributed by atoms with Crippen LogP contribution in [0.3, 0.4) is 0 Å². The average Bonchev–Trinajstić information content (AvgIpc) is 2.96. The molecule has 0 aromatic heterocycles. The van der Waals surface area contributed by atoms with E-state index in [4.69, 9.17) is 9.47 Å². The van der Waals surface area contributed by atoms with Crippen molar-refractivity contribution >= 4 is 35.6 Å². The van der Waals surface area contributed by atoms with Gasteiger partial charge in [-0.1, -0.05) is 71.4 Å². The van der Waals surface area contributed by atoms with Gasteiger partial charge in [-0.25, -0.2) is 19.2 Å². The zero-order valence-corrected chi connectivity index (χ0v) is 23.1. The van der Waals surface area contributed by atoms with Crippen molar-refractivity contribution in [2.75, 3.05) is 0 Å². The molecule has 0 heterocycles. The lowest BCUT2D eigenvalue weighted by Crippen LogP contribution is -2.12. The van der Waals surface area contributed by atoms with Crippen LogP contribution in [0.15, 0.2) is 94.7 Å². The van der Waals surface area contributed by atoms with Gasteiger partial charge in [-0.2, -0.15) is 0 Å². The van der Waals surface area contributed by atoms with Crippen molar-refractivity contribution in [1.82, 2.24) is 0 Å². The van der Waals surface area contributed by atoms with Crippen molar-refractivity contribution in [2.45, 2.75) is 36.9 Å². The Labute approximate surface area is 240 Å². The van der Waals surface area contributed by atoms with E-state index >= 15 is 0 Å². The van der Waals surface area contributed by atoms with Gasteiger partial charge in [-0.05, 0) is 61.4 Å². The van der Waals surface area contributed by atoms with Crippen molar-refractivity contribution in [1.29, 1.82) is 0 Å². The summed E-state index contributed by atoms with van der Waals surface area (Å²) >= 11 is 1.10. The van der Waals surface area contributed by atoms with Gasteiger partial charge >= 0.3 is 23.9 Å². The number of esters is 2. The number of carboxylic acid groups (broad SMARTS) is 2. The van der Waals surface area contributed by atoms with E-state index in [1.807, 2.05) is 62.4 Å². The lowest BCUT2D eigenvalue weighted by atomic mass is 10.1. The lowest BCUT2D eigenvalue weighted by molar-refractivity contribution is 0.0458. The van der Waals surface area contributed by atoms with Gasteiger partial charge in [0.1, 0.15) is 13.2 Å². The summed E-state index contributed by atoms with van der Waals surface area (Å²) in [6.07, 6.45) is 0. The molecule has 0 bridgehead atoms. The zero-order valence-electron chi connectivity index (χ0n) is 22.2. The summed E-state index contributed by atoms with van der Waals surface area (Å²) in [5.41, 5.74) is 2.93. The highest BCUT2D eigenvalue weighted by molar-refractivity contribution is 7.99. The highest BCUT2D eigenvalue weighted by atomic mass is 32.2. The predicted molar refractivity (Wildman–Crippen MR) is 152 cm³/mol. The van der Waals surface area contributed by atoms with Crippen molar-refractivity contribution in [3.05, 3.63) is 129 Å². The summed E-state index contributed by atoms with van der Waals surface area (Å²) in [4.78, 5) is 50.2. The Morgan fingerprint density at radius 3 is 1.44 bits per heavy atom. The molecule has 2 N–H and O–H groups in total. The Hall–Kier alpha value is -4.89. The molecule has 0 amide bonds. The van der Waals surface area contributed by atoms with Gasteiger partial charge in [0.05, 0.1) is 22.3 Å². The lowest BCUT2D eigenvalue weighted by Gasteiger charge is -2.11. The molecule has 0 saturated carbocycles. The second-order valence-electron chi connectivity index (χ2n) is 9.25. The quantitative estimate of drug-likeness (QED) is 0.204. The first-order valence-corrected chi connectivity index (χ1v) is 13.3. The van der Waals surface area contributed by atoms with E-state index in [1.54, 1.807) is 6.07 Å². The van der Waals surface area contributed by atoms with Gasteiger partial charge in [0.15, 0.2) is 0 Å². The molecule has 9 heteroatoms. The number of hydrogen-bond donors (Lipinski definition) is 2. The molecule has 0 aliphatic rings. The third-order valence-corrected chi connectivity index (χ3v) is 7.08. The van der Waals surface area contributed by atoms with E-state index in [1.165, 1.54) is 30.3 Å². The molecule has 0 atom stereocenters. The number of rotatable bonds is 10. The molecule has 41 heavy (non-hydrogen) atoms. The minimum Gasteiger partial charge on any atom is -0.478 e. The van der Waals surface area contributed by atoms with Gasteiger partial charge in [0, 0.05) is 9.79 Å². The van der Waals surface area contributed by atoms with Crippen LogP contribution in [0.4, 0.5) is 0 Å². The van der Waals surface area contributed by atoms with E-state index in [9.17, 15) is 29.4 Å². The summed E-state index contributed by atoms with van der Waals surface area (Å²) in [5.74, 6) is -4.17. The molecule has 0 aliphatic carbocycles. The summed E-state index contributed by atoms with van der Waals surface area (Å²) in [6, 6.07) is 23.2. The summed E-state index contributed by atoms with van der Waals surface area (Å²) in [6.45, 7) is 3.84. The Morgan fingerprint density at radius 2 is 0.976 bits per heavy atom. The van der Waals surface area contributed by atoms with Gasteiger partial charge in [-0.15, -0.1) is 0 Å². The highest BCUT2D eigenvalue weighted by Gasteiger charge is 2.21. The molecule has 0 saturated heterocycles. The molecule has 4 rings (SSSR count). The molecule has 0 unspecified atom stereocenters. The molecule has 0 radical (unpaired) electrons. The number of ether oxygens (including phenoxy) is 2. The first-order valence-electron chi connectivity index (χ1n) is 12.5. The first-order chi connectivity index (χ1) is 19.6. The molecule has 4 aromatic carbocycles. The predicted octanol–water partition coefficient (Wildman–Crippen LogP) is 6.57. The SMILES string of the molecule is Cc1ccc(COC(=O)c2ccc(Sc3ccc(C(=O)O)c(C(=O)OCc4ccc(C)cc4)c3)cc2C(=O)O)cc1. The fraction of sp³-hybridized carbons (Fsp3) is 0.125. The Kier molecular flexibility index (Phi) is 9.21. The summed E-state index contributed by atoms with van der Waals surface area (Å²) in [7, 11) is 0. The van der Waals surface area contributed by atoms with Gasteiger partial charge in [0.25, 0.3) is 0 Å². The van der Waals surface area contributed by atoms with E-state index in [0.717, 1.165) is 34.0 Å². The third-order valence-electron chi connectivity index (χ3n) is 6.10. The second-order valence-corrected chi connectivity index (χ2v) is 10.4. The smallest absolute Gasteiger partial charge is 0.339 e. The van der Waals surface area contributed by atoms with Crippen LogP contribution in [0.5, 0.6) is 0 Å². The standard InChI is InChI=1S/C32H26O8S/c1-19-3-7-21(8-4-19)17-39-31(37)26-14-12-23(15-27(26)30(35)36)41-24-11-13-25(29(33)34)28(16-24)32(38)40-18-22-9-5-20(2)6-10-22/h3-16H,17-18H2,1-2H3,(H,33,34)(H,35,36). The fourth-order valence-electron chi connectivity index (χ4n) is 3.84. The van der Waals surface area contributed by atoms with Crippen LogP contribution in [0.1, 0.15) is 63.7 Å². The number of carboxylic acids is 2. The van der Waals surface area contributed by atoms with Crippen LogP contribution in [-0.2, 0) is 22.7 Å². The molecule has 208 valence electrons. The topological polar surface area (TPSA) is 127 Å². The molecule has 0 fully saturated rings. The van der Waals surface area contributed by atoms with E-state index in [-0.39, 0.29) is 35.5 Å². The molecule has 0 aliphatic heterocycles. The van der Waals surface area contributed by atoms with Gasteiger partial charge < -0.3 is 19.7 Å². The van der Waals surface area contributed by atoms with Gasteiger partial charge in [-0.3, -0.25) is 0 Å². The van der Waals surface area contributed by atoms with Crippen LogP contribution in [0, 0.1) is 13.8 Å². The number of aromatic carboxylic acids is 2. The zero-order chi connectivity index (χ0) is 29.5. The maximum atomic E-state index is 12.8. The third kappa shape index (κ3) is 7.61. The summed E-state index contributed by atoms with van der Waals surface area (Å²) < 4.78 is 10.7. The molecular weight excluding hydrogens is 544 g/mol. The van der Waals surface area contributed by atoms with Crippen LogP contribution >= 0.6 is 11.8 Å². The van der Waals surface area contributed by atoms with Crippen molar-refractivity contribution in [2.24, 2.45) is 0 Å². The van der Waals surface area contributed by atoms with E-state index in [0.29, 0.717) is 9.79 Å². The Bertz CT molecular complexity index is 1610. The molecule has 4 aromatic rings. The number of hydrogen-bond acceptors (Lipinski definition) is 7. The summed E-state index contributed by atoms with van der Waals surface area (Å²) in [5, 5.41) is 19.4. The number of benzene rings is 4. The minimum atomic E-state index is -1.31. The number of aryl methyl sites for hydroxylation is 2. The van der Waals surface area contributed by atoms with Crippen LogP contribution in [0.25, 0.3) is 0 Å². The Morgan fingerprint density at radius 1 is 0.561 bits per heavy atom. The maximum absolute atomic E-state index is 12.8. The monoisotopic (exact) mass is 570 g/mol. The maximum Gasteiger partial charge on any atom is 0.339 e. The molecule has 8 nitrogen and oxygen atoms in total. The largest absolute Gasteiger partial charge is 0.478 e. The van der Waals surface area contributed by atoms with Crippen LogP contribution in [-0.4, -0.2) is 34.1 Å². The molecular formula is C32H26O8S. The second kappa shape index (κ2) is 13.0. The highest BCUT2D eigenvalue weighted by Crippen LogP contribution is 2.31. The average molecular weight is 571 g/mol. The van der Waals surface area contributed by atoms with Crippen molar-refractivity contribution in [3.63, 3.8) is 0 Å². The molecule has 0 spiro atoms. The van der Waals surface area contributed by atoms with E-state index < -0.39 is 23.9 Å². The van der Waals surface area contributed by atoms with Gasteiger partial charge in [0.2, 0.25) is 0 Å².